The van der Waals surface area contributed by atoms with Gasteiger partial charge in [-0.15, -0.1) is 11.7 Å². The molecule has 0 aliphatic carbocycles. The molecule has 1 aromatic heterocycles. The standard InChI is InChI=1S/C26H32N4O2/c1-3-5-20-29(21-22-14-8-6-9-15-22)25(18-10-7-11-19-26(31)32-4-2)30-24-17-13-12-16-23(24)27-28-30/h3,6,8-9,11-17,19,25H,1,4-5,7,10,18,20-21H2,2H3/b19-11+. The number of unbranched alkanes of at least 4 members (excludes halogenated alkanes) is 1. The van der Waals surface area contributed by atoms with Crippen LogP contribution < -0.4 is 0 Å². The van der Waals surface area contributed by atoms with Crippen molar-refractivity contribution >= 4 is 17.0 Å². The summed E-state index contributed by atoms with van der Waals surface area (Å²) >= 11 is 0. The number of carbonyl (C=O) groups is 1. The number of hydrogen-bond donors (Lipinski definition) is 0. The fraction of sp³-hybridized carbons (Fsp3) is 0.346. The number of para-hydroxylation sites is 1. The summed E-state index contributed by atoms with van der Waals surface area (Å²) < 4.78 is 7.00. The fourth-order valence-corrected chi connectivity index (χ4v) is 3.76. The van der Waals surface area contributed by atoms with Crippen LogP contribution in [-0.4, -0.2) is 39.0 Å². The first-order valence-corrected chi connectivity index (χ1v) is 11.2. The molecule has 0 aliphatic heterocycles. The van der Waals surface area contributed by atoms with Gasteiger partial charge in [-0.05, 0) is 50.3 Å². The third-order valence-electron chi connectivity index (χ3n) is 5.30. The molecule has 0 bridgehead atoms. The molecule has 0 fully saturated rings. The molecule has 3 rings (SSSR count). The highest BCUT2D eigenvalue weighted by Gasteiger charge is 2.22. The molecule has 2 aromatic carbocycles. The van der Waals surface area contributed by atoms with Crippen molar-refractivity contribution in [3.05, 3.63) is 85.0 Å². The Kier molecular flexibility index (Phi) is 9.20. The van der Waals surface area contributed by atoms with Gasteiger partial charge in [0, 0.05) is 19.2 Å². The zero-order valence-corrected chi connectivity index (χ0v) is 18.8. The van der Waals surface area contributed by atoms with Crippen LogP contribution in [0.4, 0.5) is 0 Å². The van der Waals surface area contributed by atoms with Crippen LogP contribution in [-0.2, 0) is 16.1 Å². The largest absolute Gasteiger partial charge is 0.463 e. The van der Waals surface area contributed by atoms with Gasteiger partial charge in [0.05, 0.1) is 12.1 Å². The number of nitrogens with zero attached hydrogens (tertiary/aromatic N) is 4. The van der Waals surface area contributed by atoms with E-state index in [1.54, 1.807) is 0 Å². The van der Waals surface area contributed by atoms with Gasteiger partial charge in [0.2, 0.25) is 0 Å². The molecule has 0 spiro atoms. The molecule has 1 heterocycles. The zero-order chi connectivity index (χ0) is 22.6. The maximum absolute atomic E-state index is 11.6. The van der Waals surface area contributed by atoms with Crippen molar-refractivity contribution in [1.82, 2.24) is 19.9 Å². The van der Waals surface area contributed by atoms with E-state index in [0.717, 1.165) is 49.8 Å². The monoisotopic (exact) mass is 432 g/mol. The molecule has 0 N–H and O–H groups in total. The van der Waals surface area contributed by atoms with Gasteiger partial charge in [0.25, 0.3) is 0 Å². The van der Waals surface area contributed by atoms with E-state index in [1.807, 2.05) is 48.0 Å². The molecule has 32 heavy (non-hydrogen) atoms. The molecule has 0 radical (unpaired) electrons. The SMILES string of the molecule is C=CCCN(Cc1ccccc1)C(CCC/C=C/C(=O)OCC)n1nnc2ccccc21. The van der Waals surface area contributed by atoms with Gasteiger partial charge >= 0.3 is 5.97 Å². The molecule has 0 saturated carbocycles. The van der Waals surface area contributed by atoms with Crippen LogP contribution in [0.15, 0.2) is 79.4 Å². The summed E-state index contributed by atoms with van der Waals surface area (Å²) in [7, 11) is 0. The van der Waals surface area contributed by atoms with Crippen LogP contribution in [0.5, 0.6) is 0 Å². The number of rotatable bonds is 13. The van der Waals surface area contributed by atoms with Gasteiger partial charge in [-0.1, -0.05) is 59.8 Å². The van der Waals surface area contributed by atoms with Crippen LogP contribution in [0.3, 0.4) is 0 Å². The van der Waals surface area contributed by atoms with Gasteiger partial charge in [-0.25, -0.2) is 9.48 Å². The average molecular weight is 433 g/mol. The van der Waals surface area contributed by atoms with Crippen molar-refractivity contribution in [1.29, 1.82) is 0 Å². The van der Waals surface area contributed by atoms with Crippen molar-refractivity contribution in [2.24, 2.45) is 0 Å². The van der Waals surface area contributed by atoms with Crippen LogP contribution >= 0.6 is 0 Å². The molecule has 3 aromatic rings. The van der Waals surface area contributed by atoms with E-state index in [2.05, 4.69) is 52.1 Å². The molecule has 168 valence electrons. The molecule has 6 nitrogen and oxygen atoms in total. The summed E-state index contributed by atoms with van der Waals surface area (Å²) in [6, 6.07) is 18.5. The highest BCUT2D eigenvalue weighted by molar-refractivity contribution is 5.81. The summed E-state index contributed by atoms with van der Waals surface area (Å²) in [6.45, 7) is 7.80. The maximum Gasteiger partial charge on any atom is 0.330 e. The summed E-state index contributed by atoms with van der Waals surface area (Å²) in [6.07, 6.45) is 8.87. The Morgan fingerprint density at radius 2 is 1.94 bits per heavy atom. The number of benzene rings is 2. The molecule has 0 aliphatic rings. The predicted octanol–water partition coefficient (Wildman–Crippen LogP) is 5.30. The summed E-state index contributed by atoms with van der Waals surface area (Å²) in [5.41, 5.74) is 3.17. The van der Waals surface area contributed by atoms with E-state index >= 15 is 0 Å². The summed E-state index contributed by atoms with van der Waals surface area (Å²) in [5.74, 6) is -0.289. The number of ether oxygens (including phenoxy) is 1. The normalized spacial score (nSPS) is 12.4. The molecule has 0 saturated heterocycles. The van der Waals surface area contributed by atoms with Crippen LogP contribution in [0.25, 0.3) is 11.0 Å². The van der Waals surface area contributed by atoms with Gasteiger partial charge in [0.15, 0.2) is 0 Å². The Bertz CT molecular complexity index is 1010. The lowest BCUT2D eigenvalue weighted by Gasteiger charge is -2.32. The number of carbonyl (C=O) groups excluding carboxylic acids is 1. The van der Waals surface area contributed by atoms with E-state index < -0.39 is 0 Å². The Morgan fingerprint density at radius 1 is 1.16 bits per heavy atom. The van der Waals surface area contributed by atoms with Gasteiger partial charge in [-0.2, -0.15) is 0 Å². The first kappa shape index (κ1) is 23.4. The fourth-order valence-electron chi connectivity index (χ4n) is 3.76. The van der Waals surface area contributed by atoms with E-state index in [4.69, 9.17) is 4.74 Å². The smallest absolute Gasteiger partial charge is 0.330 e. The third kappa shape index (κ3) is 6.62. The van der Waals surface area contributed by atoms with E-state index in [0.29, 0.717) is 6.61 Å². The van der Waals surface area contributed by atoms with Crippen LogP contribution in [0, 0.1) is 0 Å². The third-order valence-corrected chi connectivity index (χ3v) is 5.30. The van der Waals surface area contributed by atoms with Gasteiger partial charge in [-0.3, -0.25) is 4.90 Å². The predicted molar refractivity (Wildman–Crippen MR) is 128 cm³/mol. The Hall–Kier alpha value is -3.25. The minimum absolute atomic E-state index is 0.0403. The lowest BCUT2D eigenvalue weighted by molar-refractivity contribution is -0.137. The minimum Gasteiger partial charge on any atom is -0.463 e. The Labute approximate surface area is 190 Å². The van der Waals surface area contributed by atoms with E-state index in [-0.39, 0.29) is 12.1 Å². The van der Waals surface area contributed by atoms with E-state index in [9.17, 15) is 4.79 Å². The van der Waals surface area contributed by atoms with Crippen molar-refractivity contribution in [3.8, 4) is 0 Å². The number of hydrogen-bond acceptors (Lipinski definition) is 5. The number of aromatic nitrogens is 3. The molecule has 1 atom stereocenters. The average Bonchev–Trinajstić information content (AvgIpc) is 3.24. The van der Waals surface area contributed by atoms with Gasteiger partial charge < -0.3 is 4.74 Å². The Morgan fingerprint density at radius 3 is 2.72 bits per heavy atom. The molecule has 1 unspecified atom stereocenters. The minimum atomic E-state index is -0.289. The second-order valence-corrected chi connectivity index (χ2v) is 7.62. The number of fused-ring (bicyclic) bond motifs is 1. The summed E-state index contributed by atoms with van der Waals surface area (Å²) in [5, 5.41) is 8.91. The zero-order valence-electron chi connectivity index (χ0n) is 18.8. The van der Waals surface area contributed by atoms with Crippen molar-refractivity contribution in [2.75, 3.05) is 13.2 Å². The van der Waals surface area contributed by atoms with Crippen molar-refractivity contribution in [3.63, 3.8) is 0 Å². The topological polar surface area (TPSA) is 60.2 Å². The molecule has 6 heteroatoms. The van der Waals surface area contributed by atoms with E-state index in [1.165, 1.54) is 11.6 Å². The lowest BCUT2D eigenvalue weighted by Crippen LogP contribution is -2.34. The molecular weight excluding hydrogens is 400 g/mol. The van der Waals surface area contributed by atoms with Crippen molar-refractivity contribution < 1.29 is 9.53 Å². The number of allylic oxidation sites excluding steroid dienone is 1. The highest BCUT2D eigenvalue weighted by atomic mass is 16.5. The maximum atomic E-state index is 11.6. The second-order valence-electron chi connectivity index (χ2n) is 7.62. The number of esters is 1. The first-order chi connectivity index (χ1) is 15.7. The summed E-state index contributed by atoms with van der Waals surface area (Å²) in [4.78, 5) is 14.0. The van der Waals surface area contributed by atoms with Gasteiger partial charge in [0.1, 0.15) is 11.7 Å². The van der Waals surface area contributed by atoms with Crippen molar-refractivity contribution in [2.45, 2.75) is 45.3 Å². The Balaban J connectivity index is 1.82. The van der Waals surface area contributed by atoms with Crippen LogP contribution in [0.1, 0.15) is 44.3 Å². The quantitative estimate of drug-likeness (QED) is 0.159. The highest BCUT2D eigenvalue weighted by Crippen LogP contribution is 2.26. The second kappa shape index (κ2) is 12.6. The molecule has 0 amide bonds. The first-order valence-electron chi connectivity index (χ1n) is 11.2. The lowest BCUT2D eigenvalue weighted by atomic mass is 10.1. The van der Waals surface area contributed by atoms with Crippen LogP contribution in [0.2, 0.25) is 0 Å². The molecular formula is C26H32N4O2.